The summed E-state index contributed by atoms with van der Waals surface area (Å²) < 4.78 is 10.8. The van der Waals surface area contributed by atoms with Crippen LogP contribution in [0.4, 0.5) is 0 Å². The highest BCUT2D eigenvalue weighted by molar-refractivity contribution is 5.32. The van der Waals surface area contributed by atoms with Gasteiger partial charge in [0.1, 0.15) is 41.5 Å². The van der Waals surface area contributed by atoms with Gasteiger partial charge in [0.05, 0.1) is 6.61 Å². The molecular formula is C13H16N2O5. The molecule has 4 atom stereocenters. The van der Waals surface area contributed by atoms with E-state index in [0.29, 0.717) is 5.69 Å². The van der Waals surface area contributed by atoms with Crippen LogP contribution in [-0.4, -0.2) is 52.2 Å². The Morgan fingerprint density at radius 3 is 2.85 bits per heavy atom. The van der Waals surface area contributed by atoms with Gasteiger partial charge in [0.2, 0.25) is 0 Å². The van der Waals surface area contributed by atoms with E-state index in [1.165, 1.54) is 7.11 Å². The Morgan fingerprint density at radius 2 is 2.30 bits per heavy atom. The third kappa shape index (κ3) is 2.34. The summed E-state index contributed by atoms with van der Waals surface area (Å²) in [6.45, 7) is 1.19. The zero-order valence-electron chi connectivity index (χ0n) is 11.2. The van der Waals surface area contributed by atoms with Crippen LogP contribution >= 0.6 is 0 Å². The van der Waals surface area contributed by atoms with Crippen molar-refractivity contribution in [3.05, 3.63) is 27.4 Å². The van der Waals surface area contributed by atoms with Gasteiger partial charge in [-0.05, 0) is 6.92 Å². The van der Waals surface area contributed by atoms with Gasteiger partial charge in [0.15, 0.2) is 0 Å². The summed E-state index contributed by atoms with van der Waals surface area (Å²) in [5.41, 5.74) is 0.345. The molecule has 0 amide bonds. The third-order valence-electron chi connectivity index (χ3n) is 3.31. The van der Waals surface area contributed by atoms with Gasteiger partial charge in [-0.3, -0.25) is 4.79 Å². The van der Waals surface area contributed by atoms with Crippen LogP contribution in [0.2, 0.25) is 0 Å². The molecule has 1 saturated heterocycles. The SMILES string of the molecule is C#Cc1[nH]c(=O)c(C)nc1C1OC(CO)C(O)C1OC. The number of hydrogen-bond donors (Lipinski definition) is 3. The second kappa shape index (κ2) is 5.73. The minimum atomic E-state index is -1.00. The summed E-state index contributed by atoms with van der Waals surface area (Å²) in [5.74, 6) is 2.34. The summed E-state index contributed by atoms with van der Waals surface area (Å²) in [6.07, 6.45) is 2.08. The predicted octanol–water partition coefficient (Wildman–Crippen LogP) is -1.13. The van der Waals surface area contributed by atoms with E-state index >= 15 is 0 Å². The summed E-state index contributed by atoms with van der Waals surface area (Å²) in [5, 5.41) is 19.2. The number of rotatable bonds is 3. The average molecular weight is 280 g/mol. The molecule has 0 aromatic carbocycles. The van der Waals surface area contributed by atoms with Crippen molar-refractivity contribution in [2.45, 2.75) is 31.3 Å². The molecule has 7 heteroatoms. The van der Waals surface area contributed by atoms with E-state index in [1.54, 1.807) is 6.92 Å². The lowest BCUT2D eigenvalue weighted by Crippen LogP contribution is -2.34. The van der Waals surface area contributed by atoms with Crippen LogP contribution in [0.5, 0.6) is 0 Å². The number of nitrogens with one attached hydrogen (secondary N) is 1. The number of aromatic amines is 1. The van der Waals surface area contributed by atoms with Crippen molar-refractivity contribution in [3.63, 3.8) is 0 Å². The van der Waals surface area contributed by atoms with Gasteiger partial charge in [0, 0.05) is 7.11 Å². The van der Waals surface area contributed by atoms with E-state index in [1.807, 2.05) is 0 Å². The summed E-state index contributed by atoms with van der Waals surface area (Å²) in [7, 11) is 1.41. The highest BCUT2D eigenvalue weighted by atomic mass is 16.6. The lowest BCUT2D eigenvalue weighted by Gasteiger charge is -2.19. The van der Waals surface area contributed by atoms with Gasteiger partial charge in [0.25, 0.3) is 5.56 Å². The smallest absolute Gasteiger partial charge is 0.270 e. The van der Waals surface area contributed by atoms with Gasteiger partial charge >= 0.3 is 0 Å². The molecule has 3 N–H and O–H groups in total. The Balaban J connectivity index is 2.48. The van der Waals surface area contributed by atoms with Crippen LogP contribution in [0.25, 0.3) is 0 Å². The quantitative estimate of drug-likeness (QED) is 0.605. The Kier molecular flexibility index (Phi) is 4.20. The maximum Gasteiger partial charge on any atom is 0.270 e. The molecule has 2 heterocycles. The van der Waals surface area contributed by atoms with Gasteiger partial charge in [-0.25, -0.2) is 4.98 Å². The standard InChI is InChI=1S/C13H16N2O5/c1-4-7-9(14-6(2)13(18)15-7)11-12(19-3)10(17)8(5-16)20-11/h1,8,10-12,16-17H,5H2,2-3H3,(H,15,18). The van der Waals surface area contributed by atoms with E-state index in [0.717, 1.165) is 0 Å². The molecule has 108 valence electrons. The third-order valence-corrected chi connectivity index (χ3v) is 3.31. The first kappa shape index (κ1) is 14.7. The van der Waals surface area contributed by atoms with Crippen molar-refractivity contribution < 1.29 is 19.7 Å². The van der Waals surface area contributed by atoms with Gasteiger partial charge in [-0.1, -0.05) is 5.92 Å². The Hall–Kier alpha value is -1.72. The molecule has 0 bridgehead atoms. The average Bonchev–Trinajstić information content (AvgIpc) is 2.77. The predicted molar refractivity (Wildman–Crippen MR) is 69.0 cm³/mol. The zero-order chi connectivity index (χ0) is 14.9. The maximum absolute atomic E-state index is 11.5. The Labute approximate surface area is 115 Å². The minimum Gasteiger partial charge on any atom is -0.394 e. The molecule has 0 radical (unpaired) electrons. The van der Waals surface area contributed by atoms with Crippen molar-refractivity contribution in [2.75, 3.05) is 13.7 Å². The number of aromatic nitrogens is 2. The first-order valence-electron chi connectivity index (χ1n) is 6.08. The fourth-order valence-electron chi connectivity index (χ4n) is 2.24. The van der Waals surface area contributed by atoms with Crippen LogP contribution < -0.4 is 5.56 Å². The van der Waals surface area contributed by atoms with Crippen LogP contribution in [0.3, 0.4) is 0 Å². The number of methoxy groups -OCH3 is 1. The molecule has 1 aliphatic rings. The normalized spacial score (nSPS) is 29.4. The maximum atomic E-state index is 11.5. The Morgan fingerprint density at radius 1 is 1.60 bits per heavy atom. The van der Waals surface area contributed by atoms with E-state index in [4.69, 9.17) is 15.9 Å². The first-order valence-corrected chi connectivity index (χ1v) is 6.08. The monoisotopic (exact) mass is 280 g/mol. The van der Waals surface area contributed by atoms with Crippen LogP contribution in [0.1, 0.15) is 23.2 Å². The van der Waals surface area contributed by atoms with Crippen LogP contribution in [0, 0.1) is 19.3 Å². The molecule has 0 aliphatic carbocycles. The molecule has 7 nitrogen and oxygen atoms in total. The second-order valence-electron chi connectivity index (χ2n) is 4.52. The fourth-order valence-corrected chi connectivity index (χ4v) is 2.24. The number of ether oxygens (including phenoxy) is 2. The van der Waals surface area contributed by atoms with Gasteiger partial charge in [-0.15, -0.1) is 6.42 Å². The van der Waals surface area contributed by atoms with Gasteiger partial charge in [-0.2, -0.15) is 0 Å². The van der Waals surface area contributed by atoms with Crippen molar-refractivity contribution in [1.82, 2.24) is 9.97 Å². The highest BCUT2D eigenvalue weighted by Gasteiger charge is 2.46. The molecule has 1 aromatic heterocycles. The molecule has 4 unspecified atom stereocenters. The van der Waals surface area contributed by atoms with E-state index < -0.39 is 24.4 Å². The summed E-state index contributed by atoms with van der Waals surface area (Å²) >= 11 is 0. The number of nitrogens with zero attached hydrogens (tertiary/aromatic N) is 1. The van der Waals surface area contributed by atoms with Crippen molar-refractivity contribution in [3.8, 4) is 12.3 Å². The number of terminal acetylenes is 1. The second-order valence-corrected chi connectivity index (χ2v) is 4.52. The van der Waals surface area contributed by atoms with Crippen LogP contribution in [-0.2, 0) is 9.47 Å². The van der Waals surface area contributed by atoms with E-state index in [-0.39, 0.29) is 23.6 Å². The lowest BCUT2D eigenvalue weighted by atomic mass is 10.0. The van der Waals surface area contributed by atoms with Crippen LogP contribution in [0.15, 0.2) is 4.79 Å². The molecule has 0 spiro atoms. The first-order chi connectivity index (χ1) is 9.53. The molecule has 20 heavy (non-hydrogen) atoms. The highest BCUT2D eigenvalue weighted by Crippen LogP contribution is 2.35. The van der Waals surface area contributed by atoms with Crippen molar-refractivity contribution >= 4 is 0 Å². The van der Waals surface area contributed by atoms with Crippen molar-refractivity contribution in [2.24, 2.45) is 0 Å². The summed E-state index contributed by atoms with van der Waals surface area (Å²) in [6, 6.07) is 0. The minimum absolute atomic E-state index is 0.179. The number of aliphatic hydroxyl groups excluding tert-OH is 2. The molecule has 1 fully saturated rings. The lowest BCUT2D eigenvalue weighted by molar-refractivity contribution is -0.0252. The van der Waals surface area contributed by atoms with E-state index in [2.05, 4.69) is 15.9 Å². The number of hydrogen-bond acceptors (Lipinski definition) is 6. The zero-order valence-corrected chi connectivity index (χ0v) is 11.2. The molecule has 1 aromatic rings. The number of H-pyrrole nitrogens is 1. The molecular weight excluding hydrogens is 264 g/mol. The number of aliphatic hydroxyl groups is 2. The van der Waals surface area contributed by atoms with E-state index in [9.17, 15) is 15.0 Å². The molecule has 2 rings (SSSR count). The van der Waals surface area contributed by atoms with Crippen molar-refractivity contribution in [1.29, 1.82) is 0 Å². The molecule has 1 aliphatic heterocycles. The number of aryl methyl sites for hydroxylation is 1. The topological polar surface area (TPSA) is 105 Å². The summed E-state index contributed by atoms with van der Waals surface area (Å²) in [4.78, 5) is 18.2. The largest absolute Gasteiger partial charge is 0.394 e. The molecule has 0 saturated carbocycles. The van der Waals surface area contributed by atoms with Gasteiger partial charge < -0.3 is 24.7 Å². The Bertz CT molecular complexity index is 591. The fraction of sp³-hybridized carbons (Fsp3) is 0.538.